The third-order valence-electron chi connectivity index (χ3n) is 4.47. The van der Waals surface area contributed by atoms with Crippen LogP contribution in [0.2, 0.25) is 0 Å². The maximum Gasteiger partial charge on any atom is 0.184 e. The summed E-state index contributed by atoms with van der Waals surface area (Å²) < 4.78 is 30.9. The molecule has 1 aliphatic heterocycles. The molecular weight excluding hydrogens is 287 g/mol. The topological polar surface area (TPSA) is 47.9 Å². The summed E-state index contributed by atoms with van der Waals surface area (Å²) >= 11 is 0. The first-order valence-electron chi connectivity index (χ1n) is 7.67. The number of aliphatic hydroxyl groups is 1. The van der Waals surface area contributed by atoms with E-state index in [2.05, 4.69) is 0 Å². The van der Waals surface area contributed by atoms with E-state index < -0.39 is 25.2 Å². The van der Waals surface area contributed by atoms with E-state index in [0.717, 1.165) is 5.56 Å². The van der Waals surface area contributed by atoms with Gasteiger partial charge in [-0.05, 0) is 17.4 Å². The lowest BCUT2D eigenvalue weighted by Gasteiger charge is -2.44. The Morgan fingerprint density at radius 1 is 1.23 bits per heavy atom. The normalized spacial score (nSPS) is 33.6. The number of ether oxygens (including phenoxy) is 3. The maximum absolute atomic E-state index is 13.9. The van der Waals surface area contributed by atoms with Crippen molar-refractivity contribution in [3.8, 4) is 0 Å². The first-order valence-corrected chi connectivity index (χ1v) is 7.67. The molecule has 1 fully saturated rings. The molecular formula is C17H25FO4. The number of halogens is 1. The highest BCUT2D eigenvalue weighted by atomic mass is 19.1. The Kier molecular flexibility index (Phi) is 6.32. The van der Waals surface area contributed by atoms with Crippen LogP contribution in [0.4, 0.5) is 4.39 Å². The highest BCUT2D eigenvalue weighted by Gasteiger charge is 2.45. The second kappa shape index (κ2) is 8.02. The third-order valence-corrected chi connectivity index (χ3v) is 4.47. The lowest BCUT2D eigenvalue weighted by molar-refractivity contribution is -0.285. The smallest absolute Gasteiger partial charge is 0.184 e. The Morgan fingerprint density at radius 3 is 2.50 bits per heavy atom. The molecule has 1 aliphatic rings. The van der Waals surface area contributed by atoms with Gasteiger partial charge < -0.3 is 19.3 Å². The van der Waals surface area contributed by atoms with Gasteiger partial charge in [0.2, 0.25) is 0 Å². The fourth-order valence-corrected chi connectivity index (χ4v) is 2.91. The van der Waals surface area contributed by atoms with Crippen LogP contribution in [0.15, 0.2) is 30.3 Å². The minimum Gasteiger partial charge on any atom is -0.393 e. The Bertz CT molecular complexity index is 440. The van der Waals surface area contributed by atoms with Gasteiger partial charge in [0.05, 0.1) is 19.3 Å². The van der Waals surface area contributed by atoms with Crippen molar-refractivity contribution in [1.82, 2.24) is 0 Å². The summed E-state index contributed by atoms with van der Waals surface area (Å²) in [5, 5.41) is 9.04. The Hall–Kier alpha value is -1.01. The fraction of sp³-hybridized carbons (Fsp3) is 0.647. The van der Waals surface area contributed by atoms with Gasteiger partial charge in [0.1, 0.15) is 12.3 Å². The zero-order valence-electron chi connectivity index (χ0n) is 13.3. The Labute approximate surface area is 131 Å². The van der Waals surface area contributed by atoms with Gasteiger partial charge in [0.15, 0.2) is 6.29 Å². The van der Waals surface area contributed by atoms with E-state index in [0.29, 0.717) is 6.61 Å². The van der Waals surface area contributed by atoms with E-state index >= 15 is 0 Å². The Morgan fingerprint density at radius 2 is 1.91 bits per heavy atom. The number of benzene rings is 1. The molecule has 124 valence electrons. The molecule has 6 atom stereocenters. The fourth-order valence-electron chi connectivity index (χ4n) is 2.91. The van der Waals surface area contributed by atoms with Gasteiger partial charge >= 0.3 is 0 Å². The zero-order valence-corrected chi connectivity index (χ0v) is 13.3. The lowest BCUT2D eigenvalue weighted by atomic mass is 9.82. The summed E-state index contributed by atoms with van der Waals surface area (Å²) in [6.45, 7) is 3.83. The van der Waals surface area contributed by atoms with Gasteiger partial charge in [-0.25, -0.2) is 4.39 Å². The average Bonchev–Trinajstić information content (AvgIpc) is 2.56. The van der Waals surface area contributed by atoms with E-state index in [4.69, 9.17) is 19.3 Å². The maximum atomic E-state index is 13.9. The molecule has 0 radical (unpaired) electrons. The SMILES string of the molecule is CO[C@H]1OC([C@@H](F)CO)[C@@H](C)[C@H](C)C1OCc1ccccc1. The molecule has 4 nitrogen and oxygen atoms in total. The van der Waals surface area contributed by atoms with Crippen molar-refractivity contribution < 1.29 is 23.7 Å². The van der Waals surface area contributed by atoms with E-state index in [1.807, 2.05) is 44.2 Å². The molecule has 0 saturated carbocycles. The molecule has 0 bridgehead atoms. The lowest BCUT2D eigenvalue weighted by Crippen LogP contribution is -2.54. The number of aliphatic hydroxyl groups excluding tert-OH is 1. The molecule has 0 spiro atoms. The largest absolute Gasteiger partial charge is 0.393 e. The number of rotatable bonds is 6. The van der Waals surface area contributed by atoms with E-state index in [9.17, 15) is 4.39 Å². The molecule has 2 rings (SSSR count). The standard InChI is InChI=1S/C17H25FO4/c1-11-12(2)16(21-10-13-7-5-4-6-8-13)17(20-3)22-15(11)14(18)9-19/h4-8,11-12,14-17,19H,9-10H2,1-3H3/t11-,12-,14-,15?,16?,17-/m0/s1. The molecule has 1 heterocycles. The molecule has 1 aromatic rings. The van der Waals surface area contributed by atoms with Crippen molar-refractivity contribution >= 4 is 0 Å². The predicted octanol–water partition coefficient (Wildman–Crippen LogP) is 2.55. The van der Waals surface area contributed by atoms with Crippen molar-refractivity contribution in [1.29, 1.82) is 0 Å². The number of methoxy groups -OCH3 is 1. The van der Waals surface area contributed by atoms with Crippen molar-refractivity contribution in [2.24, 2.45) is 11.8 Å². The molecule has 1 aromatic carbocycles. The molecule has 22 heavy (non-hydrogen) atoms. The summed E-state index contributed by atoms with van der Waals surface area (Å²) in [6, 6.07) is 9.86. The van der Waals surface area contributed by atoms with Crippen LogP contribution in [0.25, 0.3) is 0 Å². The second-order valence-electron chi connectivity index (χ2n) is 5.88. The van der Waals surface area contributed by atoms with Crippen LogP contribution in [0.3, 0.4) is 0 Å². The van der Waals surface area contributed by atoms with Crippen LogP contribution in [0.5, 0.6) is 0 Å². The van der Waals surface area contributed by atoms with Crippen LogP contribution < -0.4 is 0 Å². The van der Waals surface area contributed by atoms with Crippen molar-refractivity contribution in [3.05, 3.63) is 35.9 Å². The third kappa shape index (κ3) is 3.84. The first kappa shape index (κ1) is 17.3. The van der Waals surface area contributed by atoms with Crippen LogP contribution >= 0.6 is 0 Å². The number of alkyl halides is 1. The summed E-state index contributed by atoms with van der Waals surface area (Å²) in [4.78, 5) is 0. The molecule has 2 unspecified atom stereocenters. The molecule has 1 saturated heterocycles. The number of hydrogen-bond acceptors (Lipinski definition) is 4. The molecule has 0 aromatic heterocycles. The van der Waals surface area contributed by atoms with Crippen LogP contribution in [-0.2, 0) is 20.8 Å². The quantitative estimate of drug-likeness (QED) is 0.877. The Balaban J connectivity index is 2.04. The van der Waals surface area contributed by atoms with Crippen molar-refractivity contribution in [2.75, 3.05) is 13.7 Å². The molecule has 5 heteroatoms. The van der Waals surface area contributed by atoms with E-state index in [1.165, 1.54) is 7.11 Å². The van der Waals surface area contributed by atoms with Crippen LogP contribution in [0, 0.1) is 11.8 Å². The van der Waals surface area contributed by atoms with E-state index in [-0.39, 0.29) is 17.9 Å². The molecule has 0 aliphatic carbocycles. The molecule has 1 N–H and O–H groups in total. The van der Waals surface area contributed by atoms with Gasteiger partial charge in [-0.1, -0.05) is 44.2 Å². The first-order chi connectivity index (χ1) is 10.6. The van der Waals surface area contributed by atoms with Crippen molar-refractivity contribution in [2.45, 2.75) is 45.1 Å². The number of hydrogen-bond donors (Lipinski definition) is 1. The van der Waals surface area contributed by atoms with Crippen molar-refractivity contribution in [3.63, 3.8) is 0 Å². The minimum atomic E-state index is -1.41. The van der Waals surface area contributed by atoms with E-state index in [1.54, 1.807) is 0 Å². The zero-order chi connectivity index (χ0) is 16.1. The summed E-state index contributed by atoms with van der Waals surface area (Å²) in [5.74, 6) is -0.0217. The average molecular weight is 312 g/mol. The van der Waals surface area contributed by atoms with Crippen LogP contribution in [0.1, 0.15) is 19.4 Å². The second-order valence-corrected chi connectivity index (χ2v) is 5.88. The van der Waals surface area contributed by atoms with Gasteiger partial charge in [0, 0.05) is 7.11 Å². The highest BCUT2D eigenvalue weighted by molar-refractivity contribution is 5.13. The summed E-state index contributed by atoms with van der Waals surface area (Å²) in [7, 11) is 1.52. The highest BCUT2D eigenvalue weighted by Crippen LogP contribution is 2.35. The minimum absolute atomic E-state index is 0.0530. The van der Waals surface area contributed by atoms with Gasteiger partial charge in [-0.15, -0.1) is 0 Å². The van der Waals surface area contributed by atoms with Gasteiger partial charge in [0.25, 0.3) is 0 Å². The van der Waals surface area contributed by atoms with Gasteiger partial charge in [-0.2, -0.15) is 0 Å². The summed E-state index contributed by atoms with van der Waals surface area (Å²) in [6.07, 6.45) is -3.00. The molecule has 0 amide bonds. The monoisotopic (exact) mass is 312 g/mol. The summed E-state index contributed by atoms with van der Waals surface area (Å²) in [5.41, 5.74) is 1.07. The predicted molar refractivity (Wildman–Crippen MR) is 81.0 cm³/mol. The van der Waals surface area contributed by atoms with Gasteiger partial charge in [-0.3, -0.25) is 0 Å². The van der Waals surface area contributed by atoms with Crippen LogP contribution in [-0.4, -0.2) is 43.5 Å².